The Morgan fingerprint density at radius 2 is 2.17 bits per heavy atom. The lowest BCUT2D eigenvalue weighted by atomic mass is 10.2. The van der Waals surface area contributed by atoms with Crippen LogP contribution in [0.2, 0.25) is 0 Å². The predicted molar refractivity (Wildman–Crippen MR) is 70.5 cm³/mol. The second-order valence-electron chi connectivity index (χ2n) is 4.06. The second kappa shape index (κ2) is 4.37. The number of nitrogens with zero attached hydrogens (tertiary/aromatic N) is 1. The van der Waals surface area contributed by atoms with Crippen LogP contribution in [-0.4, -0.2) is 15.2 Å². The van der Waals surface area contributed by atoms with E-state index in [9.17, 15) is 4.79 Å². The normalized spacial score (nSPS) is 10.7. The van der Waals surface area contributed by atoms with Crippen molar-refractivity contribution in [1.82, 2.24) is 15.2 Å². The highest BCUT2D eigenvalue weighted by Crippen LogP contribution is 2.13. The summed E-state index contributed by atoms with van der Waals surface area (Å²) in [7, 11) is 0. The minimum absolute atomic E-state index is 0.0807. The molecule has 2 aromatic heterocycles. The smallest absolute Gasteiger partial charge is 0.257 e. The SMILES string of the molecule is O=c1[nH]c(NCc2cn[nH]c2)cc2ccccc12. The number of hydrogen-bond acceptors (Lipinski definition) is 3. The predicted octanol–water partition coefficient (Wildman–Crippen LogP) is 1.86. The van der Waals surface area contributed by atoms with E-state index in [0.717, 1.165) is 10.9 Å². The summed E-state index contributed by atoms with van der Waals surface area (Å²) in [5.41, 5.74) is 0.951. The molecular weight excluding hydrogens is 228 g/mol. The zero-order valence-electron chi connectivity index (χ0n) is 9.60. The number of H-pyrrole nitrogens is 2. The standard InChI is InChI=1S/C13H12N4O/c18-13-11-4-2-1-3-10(11)5-12(17-13)14-6-9-7-15-16-8-9/h1-5,7-8H,6H2,(H,15,16)(H2,14,17,18). The van der Waals surface area contributed by atoms with Gasteiger partial charge in [-0.05, 0) is 17.5 Å². The molecule has 3 N–H and O–H groups in total. The number of hydrogen-bond donors (Lipinski definition) is 3. The highest BCUT2D eigenvalue weighted by Gasteiger charge is 2.01. The molecule has 90 valence electrons. The van der Waals surface area contributed by atoms with Crippen LogP contribution in [0.3, 0.4) is 0 Å². The molecule has 0 fully saturated rings. The van der Waals surface area contributed by atoms with Crippen LogP contribution in [0.4, 0.5) is 5.82 Å². The lowest BCUT2D eigenvalue weighted by Crippen LogP contribution is -2.10. The highest BCUT2D eigenvalue weighted by molar-refractivity contribution is 5.83. The molecule has 5 nitrogen and oxygen atoms in total. The Labute approximate surface area is 103 Å². The van der Waals surface area contributed by atoms with Gasteiger partial charge in [0.25, 0.3) is 5.56 Å². The number of pyridine rings is 1. The highest BCUT2D eigenvalue weighted by atomic mass is 16.1. The van der Waals surface area contributed by atoms with Crippen molar-refractivity contribution in [3.63, 3.8) is 0 Å². The number of aromatic amines is 2. The van der Waals surface area contributed by atoms with E-state index in [0.29, 0.717) is 17.7 Å². The molecule has 0 spiro atoms. The van der Waals surface area contributed by atoms with E-state index in [1.165, 1.54) is 0 Å². The molecule has 5 heteroatoms. The molecule has 0 amide bonds. The van der Waals surface area contributed by atoms with Crippen LogP contribution in [0.25, 0.3) is 10.8 Å². The third-order valence-corrected chi connectivity index (χ3v) is 2.79. The van der Waals surface area contributed by atoms with Crippen molar-refractivity contribution < 1.29 is 0 Å². The first-order valence-electron chi connectivity index (χ1n) is 5.66. The number of anilines is 1. The Balaban J connectivity index is 1.91. The molecule has 0 aliphatic rings. The fraction of sp³-hybridized carbons (Fsp3) is 0.0769. The summed E-state index contributed by atoms with van der Waals surface area (Å²) in [5, 5.41) is 11.4. The van der Waals surface area contributed by atoms with E-state index in [1.807, 2.05) is 36.5 Å². The molecule has 3 aromatic rings. The lowest BCUT2D eigenvalue weighted by molar-refractivity contribution is 1.09. The molecule has 0 bridgehead atoms. The average molecular weight is 240 g/mol. The Morgan fingerprint density at radius 1 is 1.28 bits per heavy atom. The number of fused-ring (bicyclic) bond motifs is 1. The quantitative estimate of drug-likeness (QED) is 0.654. The molecule has 0 atom stereocenters. The van der Waals surface area contributed by atoms with Gasteiger partial charge in [-0.3, -0.25) is 9.89 Å². The van der Waals surface area contributed by atoms with Crippen molar-refractivity contribution >= 4 is 16.6 Å². The van der Waals surface area contributed by atoms with Crippen LogP contribution in [0.1, 0.15) is 5.56 Å². The van der Waals surface area contributed by atoms with E-state index in [-0.39, 0.29) is 5.56 Å². The van der Waals surface area contributed by atoms with Gasteiger partial charge < -0.3 is 10.3 Å². The van der Waals surface area contributed by atoms with E-state index in [4.69, 9.17) is 0 Å². The van der Waals surface area contributed by atoms with Gasteiger partial charge in [0.05, 0.1) is 6.20 Å². The topological polar surface area (TPSA) is 73.6 Å². The molecule has 0 aliphatic carbocycles. The van der Waals surface area contributed by atoms with Crippen molar-refractivity contribution in [3.05, 3.63) is 58.6 Å². The van der Waals surface area contributed by atoms with Gasteiger partial charge in [-0.15, -0.1) is 0 Å². The summed E-state index contributed by atoms with van der Waals surface area (Å²) in [6.07, 6.45) is 3.55. The maximum Gasteiger partial charge on any atom is 0.257 e. The van der Waals surface area contributed by atoms with Crippen LogP contribution in [0.15, 0.2) is 47.5 Å². The van der Waals surface area contributed by atoms with Crippen LogP contribution < -0.4 is 10.9 Å². The zero-order chi connectivity index (χ0) is 12.4. The van der Waals surface area contributed by atoms with Gasteiger partial charge in [0.15, 0.2) is 0 Å². The fourth-order valence-electron chi connectivity index (χ4n) is 1.88. The van der Waals surface area contributed by atoms with Crippen molar-refractivity contribution in [1.29, 1.82) is 0 Å². The summed E-state index contributed by atoms with van der Waals surface area (Å²) in [4.78, 5) is 14.7. The maximum atomic E-state index is 11.8. The van der Waals surface area contributed by atoms with Crippen molar-refractivity contribution in [3.8, 4) is 0 Å². The summed E-state index contributed by atoms with van der Waals surface area (Å²) in [6, 6.07) is 9.44. The number of benzene rings is 1. The van der Waals surface area contributed by atoms with Crippen LogP contribution in [-0.2, 0) is 6.54 Å². The van der Waals surface area contributed by atoms with E-state index in [2.05, 4.69) is 20.5 Å². The minimum Gasteiger partial charge on any atom is -0.367 e. The van der Waals surface area contributed by atoms with E-state index in [1.54, 1.807) is 6.20 Å². The van der Waals surface area contributed by atoms with Gasteiger partial charge in [0.2, 0.25) is 0 Å². The third kappa shape index (κ3) is 1.98. The third-order valence-electron chi connectivity index (χ3n) is 2.79. The molecule has 0 radical (unpaired) electrons. The Bertz CT molecular complexity index is 715. The van der Waals surface area contributed by atoms with Gasteiger partial charge in [-0.25, -0.2) is 0 Å². The lowest BCUT2D eigenvalue weighted by Gasteiger charge is -2.05. The molecule has 0 unspecified atom stereocenters. The van der Waals surface area contributed by atoms with Crippen LogP contribution in [0, 0.1) is 0 Å². The van der Waals surface area contributed by atoms with Gasteiger partial charge in [-0.1, -0.05) is 18.2 Å². The van der Waals surface area contributed by atoms with Crippen LogP contribution in [0.5, 0.6) is 0 Å². The van der Waals surface area contributed by atoms with Crippen molar-refractivity contribution in [2.75, 3.05) is 5.32 Å². The van der Waals surface area contributed by atoms with Crippen LogP contribution >= 0.6 is 0 Å². The monoisotopic (exact) mass is 240 g/mol. The molecule has 1 aromatic carbocycles. The molecule has 2 heterocycles. The molecule has 18 heavy (non-hydrogen) atoms. The summed E-state index contributed by atoms with van der Waals surface area (Å²) >= 11 is 0. The van der Waals surface area contributed by atoms with Gasteiger partial charge in [-0.2, -0.15) is 5.10 Å². The summed E-state index contributed by atoms with van der Waals surface area (Å²) in [6.45, 7) is 0.616. The fourth-order valence-corrected chi connectivity index (χ4v) is 1.88. The first kappa shape index (κ1) is 10.6. The van der Waals surface area contributed by atoms with Gasteiger partial charge in [0.1, 0.15) is 5.82 Å². The summed E-state index contributed by atoms with van der Waals surface area (Å²) in [5.74, 6) is 0.708. The second-order valence-corrected chi connectivity index (χ2v) is 4.06. The molecule has 0 saturated heterocycles. The number of aromatic nitrogens is 3. The van der Waals surface area contributed by atoms with Crippen molar-refractivity contribution in [2.45, 2.75) is 6.54 Å². The first-order chi connectivity index (χ1) is 8.83. The van der Waals surface area contributed by atoms with Gasteiger partial charge >= 0.3 is 0 Å². The number of nitrogens with one attached hydrogen (secondary N) is 3. The molecular formula is C13H12N4O. The van der Waals surface area contributed by atoms with Gasteiger partial charge in [0, 0.05) is 23.7 Å². The molecule has 3 rings (SSSR count). The zero-order valence-corrected chi connectivity index (χ0v) is 9.60. The Kier molecular flexibility index (Phi) is 2.57. The van der Waals surface area contributed by atoms with Crippen molar-refractivity contribution in [2.24, 2.45) is 0 Å². The first-order valence-corrected chi connectivity index (χ1v) is 5.66. The Morgan fingerprint density at radius 3 is 3.00 bits per heavy atom. The molecule has 0 aliphatic heterocycles. The Hall–Kier alpha value is -2.56. The number of rotatable bonds is 3. The summed E-state index contributed by atoms with van der Waals surface area (Å²) < 4.78 is 0. The minimum atomic E-state index is -0.0807. The largest absolute Gasteiger partial charge is 0.367 e. The average Bonchev–Trinajstić information content (AvgIpc) is 2.90. The molecule has 0 saturated carbocycles. The van der Waals surface area contributed by atoms with E-state index >= 15 is 0 Å². The van der Waals surface area contributed by atoms with E-state index < -0.39 is 0 Å². The maximum absolute atomic E-state index is 11.8.